The Morgan fingerprint density at radius 2 is 2.29 bits per heavy atom. The number of nitrogens with zero attached hydrogens (tertiary/aromatic N) is 2. The molecule has 80 valence electrons. The minimum atomic E-state index is 0.320. The quantitative estimate of drug-likeness (QED) is 0.777. The average Bonchev–Trinajstić information content (AvgIpc) is 2.59. The molecule has 2 unspecified atom stereocenters. The third kappa shape index (κ3) is 3.14. The summed E-state index contributed by atoms with van der Waals surface area (Å²) in [5, 5.41) is 4.14. The molecule has 0 spiro atoms. The molecule has 3 nitrogen and oxygen atoms in total. The molecule has 0 aliphatic rings. The summed E-state index contributed by atoms with van der Waals surface area (Å²) in [6.07, 6.45) is 7.24. The fourth-order valence-corrected chi connectivity index (χ4v) is 1.52. The lowest BCUT2D eigenvalue weighted by Crippen LogP contribution is -2.28. The van der Waals surface area contributed by atoms with Crippen LogP contribution in [0.4, 0.5) is 0 Å². The van der Waals surface area contributed by atoms with Crippen molar-refractivity contribution < 1.29 is 0 Å². The zero-order valence-electron chi connectivity index (χ0n) is 9.40. The molecule has 14 heavy (non-hydrogen) atoms. The van der Waals surface area contributed by atoms with E-state index in [4.69, 9.17) is 5.73 Å². The molecule has 0 bridgehead atoms. The number of hydrogen-bond acceptors (Lipinski definition) is 2. The first kappa shape index (κ1) is 11.2. The van der Waals surface area contributed by atoms with Crippen LogP contribution in [0.25, 0.3) is 0 Å². The molecular formula is C11H21N3. The molecule has 1 aromatic rings. The summed E-state index contributed by atoms with van der Waals surface area (Å²) in [6.45, 7) is 4.41. The van der Waals surface area contributed by atoms with Gasteiger partial charge < -0.3 is 5.73 Å². The Balaban J connectivity index is 2.33. The van der Waals surface area contributed by atoms with Crippen molar-refractivity contribution in [2.45, 2.75) is 39.2 Å². The zero-order chi connectivity index (χ0) is 10.6. The van der Waals surface area contributed by atoms with Gasteiger partial charge in [-0.15, -0.1) is 0 Å². The second-order valence-electron chi connectivity index (χ2n) is 4.11. The third-order valence-corrected chi connectivity index (χ3v) is 2.90. The van der Waals surface area contributed by atoms with E-state index in [2.05, 4.69) is 25.1 Å². The van der Waals surface area contributed by atoms with E-state index < -0.39 is 0 Å². The van der Waals surface area contributed by atoms with Gasteiger partial charge in [-0.2, -0.15) is 5.10 Å². The van der Waals surface area contributed by atoms with Gasteiger partial charge >= 0.3 is 0 Å². The highest BCUT2D eigenvalue weighted by atomic mass is 15.2. The van der Waals surface area contributed by atoms with Gasteiger partial charge in [0.2, 0.25) is 0 Å². The molecule has 1 heterocycles. The highest BCUT2D eigenvalue weighted by Crippen LogP contribution is 2.11. The minimum Gasteiger partial charge on any atom is -0.327 e. The summed E-state index contributed by atoms with van der Waals surface area (Å²) >= 11 is 0. The fraction of sp³-hybridized carbons (Fsp3) is 0.727. The maximum absolute atomic E-state index is 6.06. The third-order valence-electron chi connectivity index (χ3n) is 2.90. The lowest BCUT2D eigenvalue weighted by atomic mass is 9.95. The molecule has 0 saturated carbocycles. The van der Waals surface area contributed by atoms with Crippen molar-refractivity contribution in [2.75, 3.05) is 0 Å². The Hall–Kier alpha value is -0.830. The molecule has 2 N–H and O–H groups in total. The van der Waals surface area contributed by atoms with E-state index in [1.54, 1.807) is 0 Å². The van der Waals surface area contributed by atoms with Crippen molar-refractivity contribution in [2.24, 2.45) is 18.7 Å². The standard InChI is InChI=1S/C11H21N3/c1-4-9(2)11(12)6-5-10-7-13-14(3)8-10/h7-9,11H,4-6,12H2,1-3H3. The van der Waals surface area contributed by atoms with Gasteiger partial charge in [-0.25, -0.2) is 0 Å². The summed E-state index contributed by atoms with van der Waals surface area (Å²) in [5.41, 5.74) is 7.34. The van der Waals surface area contributed by atoms with E-state index in [1.807, 2.05) is 17.9 Å². The highest BCUT2D eigenvalue weighted by molar-refractivity contribution is 5.03. The van der Waals surface area contributed by atoms with Crippen molar-refractivity contribution in [3.05, 3.63) is 18.0 Å². The van der Waals surface area contributed by atoms with Crippen molar-refractivity contribution >= 4 is 0 Å². The number of nitrogens with two attached hydrogens (primary N) is 1. The van der Waals surface area contributed by atoms with E-state index in [-0.39, 0.29) is 0 Å². The molecule has 0 aromatic carbocycles. The van der Waals surface area contributed by atoms with Crippen LogP contribution in [-0.4, -0.2) is 15.8 Å². The zero-order valence-corrected chi connectivity index (χ0v) is 9.40. The Labute approximate surface area is 86.3 Å². The molecular weight excluding hydrogens is 174 g/mol. The first-order chi connectivity index (χ1) is 6.63. The number of rotatable bonds is 5. The largest absolute Gasteiger partial charge is 0.327 e. The van der Waals surface area contributed by atoms with Gasteiger partial charge in [0.15, 0.2) is 0 Å². The molecule has 0 aliphatic carbocycles. The monoisotopic (exact) mass is 195 g/mol. The van der Waals surface area contributed by atoms with Gasteiger partial charge in [0.1, 0.15) is 0 Å². The molecule has 0 saturated heterocycles. The summed E-state index contributed by atoms with van der Waals surface area (Å²) in [6, 6.07) is 0.320. The van der Waals surface area contributed by atoms with Crippen LogP contribution in [-0.2, 0) is 13.5 Å². The van der Waals surface area contributed by atoms with Gasteiger partial charge in [0.25, 0.3) is 0 Å². The van der Waals surface area contributed by atoms with Crippen molar-refractivity contribution in [3.8, 4) is 0 Å². The predicted octanol–water partition coefficient (Wildman–Crippen LogP) is 1.73. The molecule has 2 atom stereocenters. The van der Waals surface area contributed by atoms with Crippen LogP contribution in [0.3, 0.4) is 0 Å². The first-order valence-electron chi connectivity index (χ1n) is 5.36. The Morgan fingerprint density at radius 3 is 2.79 bits per heavy atom. The normalized spacial score (nSPS) is 15.4. The van der Waals surface area contributed by atoms with Crippen molar-refractivity contribution in [3.63, 3.8) is 0 Å². The van der Waals surface area contributed by atoms with Crippen LogP contribution in [0.5, 0.6) is 0 Å². The summed E-state index contributed by atoms with van der Waals surface area (Å²) in [4.78, 5) is 0. The summed E-state index contributed by atoms with van der Waals surface area (Å²) < 4.78 is 1.84. The molecule has 0 amide bonds. The van der Waals surface area contributed by atoms with E-state index in [9.17, 15) is 0 Å². The maximum atomic E-state index is 6.06. The van der Waals surface area contributed by atoms with E-state index in [0.29, 0.717) is 12.0 Å². The first-order valence-corrected chi connectivity index (χ1v) is 5.36. The van der Waals surface area contributed by atoms with Crippen molar-refractivity contribution in [1.82, 2.24) is 9.78 Å². The van der Waals surface area contributed by atoms with Gasteiger partial charge in [0, 0.05) is 19.3 Å². The number of hydrogen-bond donors (Lipinski definition) is 1. The topological polar surface area (TPSA) is 43.8 Å². The maximum Gasteiger partial charge on any atom is 0.0521 e. The van der Waals surface area contributed by atoms with Crippen LogP contribution in [0.2, 0.25) is 0 Å². The Morgan fingerprint density at radius 1 is 1.57 bits per heavy atom. The molecule has 3 heteroatoms. The molecule has 0 radical (unpaired) electrons. The number of aryl methyl sites for hydroxylation is 2. The van der Waals surface area contributed by atoms with Crippen LogP contribution >= 0.6 is 0 Å². The lowest BCUT2D eigenvalue weighted by Gasteiger charge is -2.17. The van der Waals surface area contributed by atoms with Gasteiger partial charge in [0.05, 0.1) is 6.20 Å². The van der Waals surface area contributed by atoms with Crippen LogP contribution in [0.15, 0.2) is 12.4 Å². The van der Waals surface area contributed by atoms with Crippen molar-refractivity contribution in [1.29, 1.82) is 0 Å². The molecule has 0 fully saturated rings. The van der Waals surface area contributed by atoms with Gasteiger partial charge in [-0.3, -0.25) is 4.68 Å². The van der Waals surface area contributed by atoms with Crippen LogP contribution in [0.1, 0.15) is 32.3 Å². The summed E-state index contributed by atoms with van der Waals surface area (Å²) in [5.74, 6) is 0.617. The van der Waals surface area contributed by atoms with Gasteiger partial charge in [-0.05, 0) is 24.3 Å². The SMILES string of the molecule is CCC(C)C(N)CCc1cnn(C)c1. The molecule has 1 rings (SSSR count). The average molecular weight is 195 g/mol. The smallest absolute Gasteiger partial charge is 0.0521 e. The van der Waals surface area contributed by atoms with Crippen LogP contribution in [0, 0.1) is 5.92 Å². The van der Waals surface area contributed by atoms with E-state index in [0.717, 1.165) is 19.3 Å². The summed E-state index contributed by atoms with van der Waals surface area (Å²) in [7, 11) is 1.94. The second-order valence-corrected chi connectivity index (χ2v) is 4.11. The second kappa shape index (κ2) is 5.15. The van der Waals surface area contributed by atoms with Gasteiger partial charge in [-0.1, -0.05) is 20.3 Å². The lowest BCUT2D eigenvalue weighted by molar-refractivity contribution is 0.420. The minimum absolute atomic E-state index is 0.320. The predicted molar refractivity (Wildman–Crippen MR) is 59.0 cm³/mol. The number of aromatic nitrogens is 2. The fourth-order valence-electron chi connectivity index (χ4n) is 1.52. The molecule has 0 aliphatic heterocycles. The molecule has 1 aromatic heterocycles. The Kier molecular flexibility index (Phi) is 4.14. The highest BCUT2D eigenvalue weighted by Gasteiger charge is 2.10. The van der Waals surface area contributed by atoms with Crippen LogP contribution < -0.4 is 5.73 Å². The van der Waals surface area contributed by atoms with E-state index >= 15 is 0 Å². The Bertz CT molecular complexity index is 267. The van der Waals surface area contributed by atoms with E-state index in [1.165, 1.54) is 5.56 Å².